The van der Waals surface area contributed by atoms with Crippen LogP contribution in [0.25, 0.3) is 11.0 Å². The fraction of sp³-hybridized carbons (Fsp3) is 0.125. The summed E-state index contributed by atoms with van der Waals surface area (Å²) < 4.78 is 11.4. The lowest BCUT2D eigenvalue weighted by molar-refractivity contribution is 0.0905. The van der Waals surface area contributed by atoms with Crippen LogP contribution in [0.1, 0.15) is 26.9 Å². The van der Waals surface area contributed by atoms with Crippen molar-refractivity contribution in [2.75, 3.05) is 20.0 Å². The molecule has 4 N–H and O–H groups in total. The molecular weight excluding hydrogens is 456 g/mol. The molecule has 0 fully saturated rings. The molecule has 0 radical (unpaired) electrons. The van der Waals surface area contributed by atoms with Gasteiger partial charge in [-0.2, -0.15) is 10.5 Å². The van der Waals surface area contributed by atoms with Gasteiger partial charge in [0.1, 0.15) is 22.3 Å². The van der Waals surface area contributed by atoms with Crippen molar-refractivity contribution in [2.24, 2.45) is 0 Å². The Morgan fingerprint density at radius 1 is 1.06 bits per heavy atom. The molecule has 3 aromatic rings. The van der Waals surface area contributed by atoms with E-state index in [9.17, 15) is 25.5 Å². The predicted molar refractivity (Wildman–Crippen MR) is 126 cm³/mol. The number of hydrogen-bond acceptors (Lipinski definition) is 9. The van der Waals surface area contributed by atoms with Gasteiger partial charge in [0.2, 0.25) is 5.91 Å². The van der Waals surface area contributed by atoms with Crippen LogP contribution in [-0.4, -0.2) is 34.9 Å². The minimum Gasteiger partial charge on any atom is -0.504 e. The number of methoxy groups -OCH3 is 2. The summed E-state index contributed by atoms with van der Waals surface area (Å²) in [6, 6.07) is 13.2. The fourth-order valence-electron chi connectivity index (χ4n) is 3.75. The lowest BCUT2D eigenvalue weighted by atomic mass is 10.1. The molecule has 0 saturated carbocycles. The summed E-state index contributed by atoms with van der Waals surface area (Å²) in [5.74, 6) is -0.187. The van der Waals surface area contributed by atoms with Crippen LogP contribution in [0.2, 0.25) is 0 Å². The predicted octanol–water partition coefficient (Wildman–Crippen LogP) is 1.96. The summed E-state index contributed by atoms with van der Waals surface area (Å²) in [6.07, 6.45) is 1.62. The molecule has 34 heavy (non-hydrogen) atoms. The summed E-state index contributed by atoms with van der Waals surface area (Å²) >= 11 is 1.03. The number of benzene rings is 2. The summed E-state index contributed by atoms with van der Waals surface area (Å²) in [5.41, 5.74) is 7.32. The Balaban J connectivity index is 1.98. The van der Waals surface area contributed by atoms with Gasteiger partial charge in [-0.3, -0.25) is 9.36 Å². The Morgan fingerprint density at radius 2 is 1.71 bits per heavy atom. The first-order chi connectivity index (χ1) is 16.3. The van der Waals surface area contributed by atoms with Crippen LogP contribution in [0, 0.1) is 22.7 Å². The summed E-state index contributed by atoms with van der Waals surface area (Å²) in [5, 5.41) is 39.2. The number of fused-ring (bicyclic) bond motifs is 1. The number of ether oxygens (including phenoxy) is 2. The van der Waals surface area contributed by atoms with Crippen LogP contribution >= 0.6 is 11.8 Å². The van der Waals surface area contributed by atoms with Crippen molar-refractivity contribution in [2.45, 2.75) is 5.25 Å². The number of nitrogen functional groups attached to an aromatic ring is 1. The van der Waals surface area contributed by atoms with E-state index in [2.05, 4.69) is 6.07 Å². The van der Waals surface area contributed by atoms with E-state index in [0.29, 0.717) is 16.3 Å². The Kier molecular flexibility index (Phi) is 5.84. The average molecular weight is 474 g/mol. The van der Waals surface area contributed by atoms with Crippen molar-refractivity contribution < 1.29 is 24.5 Å². The second-order valence-corrected chi connectivity index (χ2v) is 8.37. The third kappa shape index (κ3) is 3.56. The number of nitriles is 2. The first-order valence-corrected chi connectivity index (χ1v) is 10.7. The molecule has 170 valence electrons. The number of thioether (sulfide) groups is 1. The van der Waals surface area contributed by atoms with Crippen molar-refractivity contribution in [3.8, 4) is 35.1 Å². The minimum atomic E-state index is -0.864. The van der Waals surface area contributed by atoms with E-state index in [4.69, 9.17) is 15.2 Å². The van der Waals surface area contributed by atoms with Gasteiger partial charge in [0.05, 0.1) is 25.3 Å². The van der Waals surface area contributed by atoms with Gasteiger partial charge in [0, 0.05) is 5.22 Å². The number of nitrogens with two attached hydrogens (primary N) is 1. The molecule has 0 saturated heterocycles. The monoisotopic (exact) mass is 474 g/mol. The number of aromatic nitrogens is 1. The van der Waals surface area contributed by atoms with Gasteiger partial charge < -0.3 is 25.4 Å². The second-order valence-electron chi connectivity index (χ2n) is 7.26. The van der Waals surface area contributed by atoms with Gasteiger partial charge in [-0.15, -0.1) is 0 Å². The maximum atomic E-state index is 13.5. The van der Waals surface area contributed by atoms with Crippen LogP contribution in [0.4, 0.5) is 5.69 Å². The standard InChI is InChI=1S/C24H18N4O5S/c1-32-18-8-12(3-5-16(18)29)7-14-21(27)15(10-25)28-22(14)20(11-26)34-23(24(28)31)13-4-6-17(30)19(9-13)33-2/h3-9,23,29-30H,27H2,1-2H3/b14-7+/t23-/m0/s1. The average Bonchev–Trinajstić information content (AvgIpc) is 3.12. The number of anilines is 1. The summed E-state index contributed by atoms with van der Waals surface area (Å²) in [4.78, 5) is 13.7. The number of hydrogen-bond donors (Lipinski definition) is 3. The van der Waals surface area contributed by atoms with Gasteiger partial charge in [-0.25, -0.2) is 0 Å². The molecule has 4 rings (SSSR count). The third-order valence-electron chi connectivity index (χ3n) is 5.37. The van der Waals surface area contributed by atoms with Crippen molar-refractivity contribution in [1.82, 2.24) is 4.57 Å². The highest BCUT2D eigenvalue weighted by Crippen LogP contribution is 2.41. The van der Waals surface area contributed by atoms with Gasteiger partial charge >= 0.3 is 0 Å². The maximum absolute atomic E-state index is 13.5. The van der Waals surface area contributed by atoms with Crippen LogP contribution in [0.15, 0.2) is 36.4 Å². The number of carbonyl (C=O) groups is 1. The van der Waals surface area contributed by atoms with Crippen molar-refractivity contribution in [3.05, 3.63) is 63.8 Å². The molecular formula is C24H18N4O5S. The Labute approximate surface area is 198 Å². The molecule has 0 unspecified atom stereocenters. The molecule has 1 aliphatic heterocycles. The van der Waals surface area contributed by atoms with E-state index in [1.807, 2.05) is 6.07 Å². The second kappa shape index (κ2) is 8.77. The number of phenols is 2. The molecule has 2 heterocycles. The molecule has 9 nitrogen and oxygen atoms in total. The SMILES string of the molecule is COc1cc(/C=c2\c(N)c(C#N)n3c2=C(C#N)S[C@@H](c2ccc(O)c(OC)c2)C3=O)ccc1O. The number of nitrogens with zero attached hydrogens (tertiary/aromatic N) is 3. The topological polar surface area (TPSA) is 155 Å². The lowest BCUT2D eigenvalue weighted by Crippen LogP contribution is -2.40. The number of aromatic hydroxyl groups is 2. The zero-order chi connectivity index (χ0) is 24.6. The van der Waals surface area contributed by atoms with Crippen molar-refractivity contribution in [3.63, 3.8) is 0 Å². The van der Waals surface area contributed by atoms with E-state index in [1.165, 1.54) is 32.4 Å². The summed E-state index contributed by atoms with van der Waals surface area (Å²) in [7, 11) is 2.80. The first-order valence-electron chi connectivity index (χ1n) is 9.85. The van der Waals surface area contributed by atoms with Gasteiger partial charge in [-0.1, -0.05) is 23.9 Å². The van der Waals surface area contributed by atoms with E-state index in [0.717, 1.165) is 16.3 Å². The Morgan fingerprint density at radius 3 is 2.32 bits per heavy atom. The highest BCUT2D eigenvalue weighted by molar-refractivity contribution is 8.09. The van der Waals surface area contributed by atoms with Gasteiger partial charge in [-0.05, 0) is 41.5 Å². The number of phenolic OH excluding ortho intramolecular Hbond substituents is 2. The first kappa shape index (κ1) is 22.6. The molecule has 0 spiro atoms. The molecule has 0 amide bonds. The third-order valence-corrected chi connectivity index (χ3v) is 6.60. The molecule has 0 aliphatic carbocycles. The van der Waals surface area contributed by atoms with E-state index >= 15 is 0 Å². The molecule has 2 aromatic carbocycles. The largest absolute Gasteiger partial charge is 0.504 e. The van der Waals surface area contributed by atoms with Crippen LogP contribution in [0.5, 0.6) is 23.0 Å². The molecule has 1 atom stereocenters. The van der Waals surface area contributed by atoms with Gasteiger partial charge in [0.25, 0.3) is 0 Å². The highest BCUT2D eigenvalue weighted by atomic mass is 32.2. The number of carbonyl (C=O) groups excluding carboxylic acids is 1. The van der Waals surface area contributed by atoms with Crippen LogP contribution < -0.4 is 25.8 Å². The highest BCUT2D eigenvalue weighted by Gasteiger charge is 2.34. The minimum absolute atomic E-state index is 0.0496. The van der Waals surface area contributed by atoms with Gasteiger partial charge in [0.15, 0.2) is 28.7 Å². The zero-order valence-corrected chi connectivity index (χ0v) is 18.9. The maximum Gasteiger partial charge on any atom is 0.250 e. The fourth-order valence-corrected chi connectivity index (χ4v) is 4.84. The van der Waals surface area contributed by atoms with Crippen molar-refractivity contribution in [1.29, 1.82) is 10.5 Å². The van der Waals surface area contributed by atoms with E-state index in [1.54, 1.807) is 24.3 Å². The number of rotatable bonds is 4. The lowest BCUT2D eigenvalue weighted by Gasteiger charge is -2.21. The normalized spacial score (nSPS) is 15.4. The summed E-state index contributed by atoms with van der Waals surface area (Å²) in [6.45, 7) is 0. The zero-order valence-electron chi connectivity index (χ0n) is 18.1. The van der Waals surface area contributed by atoms with Crippen LogP contribution in [0.3, 0.4) is 0 Å². The molecule has 10 heteroatoms. The molecule has 0 bridgehead atoms. The Hall–Kier alpha value is -4.54. The molecule has 1 aromatic heterocycles. The quantitative estimate of drug-likeness (QED) is 0.515. The smallest absolute Gasteiger partial charge is 0.250 e. The molecule has 1 aliphatic rings. The Bertz CT molecular complexity index is 1550. The van der Waals surface area contributed by atoms with Crippen molar-refractivity contribution >= 4 is 34.3 Å². The van der Waals surface area contributed by atoms with Crippen LogP contribution in [-0.2, 0) is 0 Å². The van der Waals surface area contributed by atoms with E-state index < -0.39 is 11.2 Å². The van der Waals surface area contributed by atoms with E-state index in [-0.39, 0.29) is 44.6 Å².